The quantitative estimate of drug-likeness (QED) is 0.528. The molecule has 0 spiro atoms. The summed E-state index contributed by atoms with van der Waals surface area (Å²) >= 11 is 0. The van der Waals surface area contributed by atoms with Gasteiger partial charge in [-0.05, 0) is 6.07 Å². The Morgan fingerprint density at radius 3 is 2.09 bits per heavy atom. The molecular formula is C18H16N2O2. The summed E-state index contributed by atoms with van der Waals surface area (Å²) in [5, 5.41) is 0. The summed E-state index contributed by atoms with van der Waals surface area (Å²) in [6, 6.07) is 21.8. The second kappa shape index (κ2) is 6.93. The smallest absolute Gasteiger partial charge is 0.160 e. The highest BCUT2D eigenvalue weighted by Gasteiger charge is 2.08. The van der Waals surface area contributed by atoms with Crippen molar-refractivity contribution in [2.75, 3.05) is 7.11 Å². The fourth-order valence-corrected chi connectivity index (χ4v) is 2.16. The molecule has 0 aliphatic carbocycles. The van der Waals surface area contributed by atoms with E-state index >= 15 is 0 Å². The summed E-state index contributed by atoms with van der Waals surface area (Å²) in [6.07, 6.45) is 0. The molecule has 0 radical (unpaired) electrons. The fraction of sp³-hybridized carbons (Fsp3) is 0.111. The zero-order valence-corrected chi connectivity index (χ0v) is 12.3. The van der Waals surface area contributed by atoms with Gasteiger partial charge in [0, 0.05) is 11.1 Å². The molecule has 0 aliphatic heterocycles. The Kier molecular flexibility index (Phi) is 4.53. The molecule has 0 amide bonds. The van der Waals surface area contributed by atoms with Gasteiger partial charge in [0.15, 0.2) is 5.82 Å². The van der Waals surface area contributed by atoms with Crippen molar-refractivity contribution >= 4 is 0 Å². The summed E-state index contributed by atoms with van der Waals surface area (Å²) in [5.74, 6) is 0.677. The van der Waals surface area contributed by atoms with E-state index in [9.17, 15) is 0 Å². The van der Waals surface area contributed by atoms with Gasteiger partial charge in [-0.3, -0.25) is 0 Å². The summed E-state index contributed by atoms with van der Waals surface area (Å²) < 4.78 is 0. The predicted octanol–water partition coefficient (Wildman–Crippen LogP) is 3.89. The standard InChI is InChI=1S/C18H16N2O2/c1-21-22-13-16-12-17(14-8-4-2-5-9-14)20-18(19-16)15-10-6-3-7-11-15/h2-12H,13H2,1H3. The van der Waals surface area contributed by atoms with E-state index in [1.54, 1.807) is 0 Å². The Hall–Kier alpha value is -2.56. The van der Waals surface area contributed by atoms with E-state index in [0.29, 0.717) is 5.82 Å². The SMILES string of the molecule is COOCc1cc(-c2ccccc2)nc(-c2ccccc2)n1. The first-order valence-electron chi connectivity index (χ1n) is 7.01. The monoisotopic (exact) mass is 292 g/mol. The van der Waals surface area contributed by atoms with E-state index in [0.717, 1.165) is 22.5 Å². The Bertz CT molecular complexity index is 673. The van der Waals surface area contributed by atoms with Crippen LogP contribution in [0.3, 0.4) is 0 Å². The summed E-state index contributed by atoms with van der Waals surface area (Å²) in [4.78, 5) is 18.9. The second-order valence-corrected chi connectivity index (χ2v) is 4.73. The Balaban J connectivity index is 2.06. The van der Waals surface area contributed by atoms with Crippen molar-refractivity contribution in [1.29, 1.82) is 0 Å². The molecule has 4 nitrogen and oxygen atoms in total. The topological polar surface area (TPSA) is 44.2 Å². The number of hydrogen-bond acceptors (Lipinski definition) is 4. The number of aromatic nitrogens is 2. The molecule has 2 aromatic carbocycles. The van der Waals surface area contributed by atoms with Crippen molar-refractivity contribution in [3.63, 3.8) is 0 Å². The van der Waals surface area contributed by atoms with Crippen LogP contribution >= 0.6 is 0 Å². The molecule has 4 heteroatoms. The highest BCUT2D eigenvalue weighted by Crippen LogP contribution is 2.22. The van der Waals surface area contributed by atoms with Gasteiger partial charge in [0.2, 0.25) is 0 Å². The normalized spacial score (nSPS) is 10.6. The minimum Gasteiger partial charge on any atom is -0.240 e. The van der Waals surface area contributed by atoms with Gasteiger partial charge in [0.1, 0.15) is 6.61 Å². The first-order chi connectivity index (χ1) is 10.9. The van der Waals surface area contributed by atoms with Gasteiger partial charge in [0.25, 0.3) is 0 Å². The average molecular weight is 292 g/mol. The van der Waals surface area contributed by atoms with Gasteiger partial charge >= 0.3 is 0 Å². The fourth-order valence-electron chi connectivity index (χ4n) is 2.16. The predicted molar refractivity (Wildman–Crippen MR) is 84.7 cm³/mol. The average Bonchev–Trinajstić information content (AvgIpc) is 2.61. The lowest BCUT2D eigenvalue weighted by molar-refractivity contribution is -0.282. The highest BCUT2D eigenvalue weighted by atomic mass is 17.2. The second-order valence-electron chi connectivity index (χ2n) is 4.73. The van der Waals surface area contributed by atoms with Crippen LogP contribution < -0.4 is 0 Å². The van der Waals surface area contributed by atoms with Crippen molar-refractivity contribution in [2.24, 2.45) is 0 Å². The van der Waals surface area contributed by atoms with Gasteiger partial charge in [-0.15, -0.1) is 0 Å². The zero-order chi connectivity index (χ0) is 15.2. The molecule has 0 saturated carbocycles. The third kappa shape index (κ3) is 3.36. The number of hydrogen-bond donors (Lipinski definition) is 0. The highest BCUT2D eigenvalue weighted by molar-refractivity contribution is 5.64. The zero-order valence-electron chi connectivity index (χ0n) is 12.3. The molecule has 1 heterocycles. The third-order valence-corrected chi connectivity index (χ3v) is 3.21. The molecule has 0 N–H and O–H groups in total. The number of benzene rings is 2. The molecule has 3 rings (SSSR count). The lowest BCUT2D eigenvalue weighted by Gasteiger charge is -2.08. The van der Waals surface area contributed by atoms with Crippen LogP contribution in [0.5, 0.6) is 0 Å². The van der Waals surface area contributed by atoms with E-state index in [1.807, 2.05) is 66.7 Å². The first kappa shape index (κ1) is 14.4. The molecule has 1 aromatic heterocycles. The van der Waals surface area contributed by atoms with Crippen molar-refractivity contribution in [3.05, 3.63) is 72.4 Å². The van der Waals surface area contributed by atoms with Gasteiger partial charge in [-0.1, -0.05) is 60.7 Å². The summed E-state index contributed by atoms with van der Waals surface area (Å²) in [5.41, 5.74) is 3.65. The van der Waals surface area contributed by atoms with Crippen molar-refractivity contribution < 1.29 is 9.78 Å². The van der Waals surface area contributed by atoms with Gasteiger partial charge in [0.05, 0.1) is 18.5 Å². The molecule has 0 unspecified atom stereocenters. The lowest BCUT2D eigenvalue weighted by Crippen LogP contribution is -2.00. The van der Waals surface area contributed by atoms with E-state index in [-0.39, 0.29) is 6.61 Å². The van der Waals surface area contributed by atoms with E-state index in [1.165, 1.54) is 7.11 Å². The van der Waals surface area contributed by atoms with Crippen LogP contribution in [-0.4, -0.2) is 17.1 Å². The minimum atomic E-state index is 0.276. The number of rotatable bonds is 5. The first-order valence-corrected chi connectivity index (χ1v) is 7.01. The van der Waals surface area contributed by atoms with Crippen LogP contribution in [0.1, 0.15) is 5.69 Å². The lowest BCUT2D eigenvalue weighted by atomic mass is 10.1. The van der Waals surface area contributed by atoms with Crippen molar-refractivity contribution in [2.45, 2.75) is 6.61 Å². The van der Waals surface area contributed by atoms with Crippen LogP contribution in [-0.2, 0) is 16.4 Å². The maximum atomic E-state index is 5.01. The van der Waals surface area contributed by atoms with Crippen molar-refractivity contribution in [1.82, 2.24) is 9.97 Å². The van der Waals surface area contributed by atoms with E-state index in [4.69, 9.17) is 4.89 Å². The Morgan fingerprint density at radius 2 is 1.45 bits per heavy atom. The molecule has 0 saturated heterocycles. The summed E-state index contributed by atoms with van der Waals surface area (Å²) in [6.45, 7) is 0.276. The molecule has 22 heavy (non-hydrogen) atoms. The van der Waals surface area contributed by atoms with Gasteiger partial charge in [-0.2, -0.15) is 0 Å². The van der Waals surface area contributed by atoms with E-state index < -0.39 is 0 Å². The molecule has 110 valence electrons. The van der Waals surface area contributed by atoms with Crippen LogP contribution in [0.15, 0.2) is 66.7 Å². The number of nitrogens with zero attached hydrogens (tertiary/aromatic N) is 2. The minimum absolute atomic E-state index is 0.276. The summed E-state index contributed by atoms with van der Waals surface area (Å²) in [7, 11) is 1.48. The Labute approximate surface area is 129 Å². The molecule has 0 aliphatic rings. The third-order valence-electron chi connectivity index (χ3n) is 3.21. The molecule has 0 fully saturated rings. The Morgan fingerprint density at radius 1 is 0.818 bits per heavy atom. The molecular weight excluding hydrogens is 276 g/mol. The largest absolute Gasteiger partial charge is 0.240 e. The maximum Gasteiger partial charge on any atom is 0.160 e. The maximum absolute atomic E-state index is 5.01. The van der Waals surface area contributed by atoms with Crippen molar-refractivity contribution in [3.8, 4) is 22.6 Å². The van der Waals surface area contributed by atoms with Gasteiger partial charge in [-0.25, -0.2) is 19.7 Å². The van der Waals surface area contributed by atoms with Crippen LogP contribution in [0, 0.1) is 0 Å². The molecule has 3 aromatic rings. The van der Waals surface area contributed by atoms with E-state index in [2.05, 4.69) is 14.9 Å². The van der Waals surface area contributed by atoms with Crippen LogP contribution in [0.2, 0.25) is 0 Å². The van der Waals surface area contributed by atoms with Crippen LogP contribution in [0.25, 0.3) is 22.6 Å². The van der Waals surface area contributed by atoms with Gasteiger partial charge < -0.3 is 0 Å². The molecule has 0 atom stereocenters. The molecule has 0 bridgehead atoms. The van der Waals surface area contributed by atoms with Crippen LogP contribution in [0.4, 0.5) is 0 Å².